The van der Waals surface area contributed by atoms with E-state index < -0.39 is 0 Å². The monoisotopic (exact) mass is 1280 g/mol. The van der Waals surface area contributed by atoms with Crippen LogP contribution in [-0.4, -0.2) is 37.0 Å². The summed E-state index contributed by atoms with van der Waals surface area (Å²) in [5, 5.41) is 0. The molecule has 0 aromatic heterocycles. The molecule has 11 heteroatoms. The fourth-order valence-corrected chi connectivity index (χ4v) is 7.62. The molecule has 0 saturated carbocycles. The van der Waals surface area contributed by atoms with Crippen molar-refractivity contribution in [3.8, 4) is 11.5 Å². The molecule has 0 unspecified atom stereocenters. The van der Waals surface area contributed by atoms with Crippen molar-refractivity contribution in [1.82, 2.24) is 4.90 Å². The molecule has 0 amide bonds. The van der Waals surface area contributed by atoms with Crippen LogP contribution in [0.5, 0.6) is 11.5 Å². The number of carbonyl (C=O) groups is 2. The van der Waals surface area contributed by atoms with Gasteiger partial charge in [-0.15, -0.1) is 24.1 Å². The molecular formula is C59H49Ir2N5O4-4. The number of carbonyl (C=O) groups excluding carboxylic acids is 2. The Hall–Kier alpha value is -7.15. The van der Waals surface area contributed by atoms with E-state index in [9.17, 15) is 9.59 Å². The van der Waals surface area contributed by atoms with Gasteiger partial charge < -0.3 is 29.1 Å². The van der Waals surface area contributed by atoms with Gasteiger partial charge in [-0.05, 0) is 104 Å². The molecule has 70 heavy (non-hydrogen) atoms. The Morgan fingerprint density at radius 2 is 1.06 bits per heavy atom. The summed E-state index contributed by atoms with van der Waals surface area (Å²) in [6, 6.07) is 71.5. The molecule has 0 N–H and O–H groups in total. The van der Waals surface area contributed by atoms with E-state index in [0.717, 1.165) is 41.3 Å². The van der Waals surface area contributed by atoms with Crippen molar-refractivity contribution in [1.29, 1.82) is 0 Å². The number of hydrogen-bond acceptors (Lipinski definition) is 8. The number of nitrogens with zero attached hydrogens (tertiary/aromatic N) is 5. The number of esters is 2. The van der Waals surface area contributed by atoms with Gasteiger partial charge in [0.15, 0.2) is 0 Å². The summed E-state index contributed by atoms with van der Waals surface area (Å²) in [4.78, 5) is 36.5. The van der Waals surface area contributed by atoms with Crippen LogP contribution in [0.25, 0.3) is 4.85 Å². The van der Waals surface area contributed by atoms with E-state index in [4.69, 9.17) is 16.0 Å². The topological polar surface area (TPSA) is 69.9 Å². The fourth-order valence-electron chi connectivity index (χ4n) is 7.62. The molecule has 0 aliphatic carbocycles. The molecule has 8 aromatic carbocycles. The van der Waals surface area contributed by atoms with E-state index in [1.165, 1.54) is 11.4 Å². The summed E-state index contributed by atoms with van der Waals surface area (Å²) in [7, 11) is 2.05. The Kier molecular flexibility index (Phi) is 18.6. The predicted octanol–water partition coefficient (Wildman–Crippen LogP) is 13.3. The minimum Gasteiger partial charge on any atom is -0.528 e. The van der Waals surface area contributed by atoms with Crippen LogP contribution in [0.1, 0.15) is 45.7 Å². The molecule has 8 aromatic rings. The molecule has 0 spiro atoms. The molecule has 9 nitrogen and oxygen atoms in total. The van der Waals surface area contributed by atoms with Gasteiger partial charge in [0.05, 0.1) is 11.1 Å². The normalized spacial score (nSPS) is 12.6. The maximum atomic E-state index is 12.3. The van der Waals surface area contributed by atoms with E-state index in [1.807, 2.05) is 79.8 Å². The second-order valence-electron chi connectivity index (χ2n) is 16.4. The summed E-state index contributed by atoms with van der Waals surface area (Å²) in [5.74, 6) is 0.213. The summed E-state index contributed by atoms with van der Waals surface area (Å²) < 4.78 is 11.0. The first-order valence-electron chi connectivity index (χ1n) is 22.2. The Labute approximate surface area is 438 Å². The Balaban J connectivity index is 0.000000185. The molecule has 0 bridgehead atoms. The number of para-hydroxylation sites is 4. The number of likely N-dealkylation sites (N-methyl/N-ethyl adjacent to an activating group) is 1. The molecule has 2 aliphatic heterocycles. The zero-order valence-electron chi connectivity index (χ0n) is 38.7. The second-order valence-corrected chi connectivity index (χ2v) is 16.4. The van der Waals surface area contributed by atoms with Crippen molar-refractivity contribution in [3.63, 3.8) is 0 Å². The third-order valence-corrected chi connectivity index (χ3v) is 11.5. The third kappa shape index (κ3) is 13.1. The van der Waals surface area contributed by atoms with Crippen LogP contribution in [0, 0.1) is 32.0 Å². The van der Waals surface area contributed by atoms with Gasteiger partial charge >= 0.3 is 11.9 Å². The van der Waals surface area contributed by atoms with Gasteiger partial charge in [0.1, 0.15) is 18.1 Å². The number of hydrogen-bond donors (Lipinski definition) is 0. The van der Waals surface area contributed by atoms with Gasteiger partial charge in [-0.25, -0.2) is 14.4 Å². The number of anilines is 5. The summed E-state index contributed by atoms with van der Waals surface area (Å²) in [6.45, 7) is 17.3. The van der Waals surface area contributed by atoms with Crippen LogP contribution in [-0.2, 0) is 45.6 Å². The molecule has 0 atom stereocenters. The number of ether oxygens (including phenoxy) is 2. The van der Waals surface area contributed by atoms with E-state index in [1.54, 1.807) is 78.9 Å². The largest absolute Gasteiger partial charge is 0.528 e. The van der Waals surface area contributed by atoms with Crippen molar-refractivity contribution in [2.45, 2.75) is 19.3 Å². The average molecular weight is 1280 g/mol. The first-order chi connectivity index (χ1) is 33.2. The number of benzene rings is 8. The van der Waals surface area contributed by atoms with Crippen LogP contribution in [0.15, 0.2) is 206 Å². The summed E-state index contributed by atoms with van der Waals surface area (Å²) in [5.41, 5.74) is 9.07. The zero-order valence-corrected chi connectivity index (χ0v) is 43.5. The zero-order chi connectivity index (χ0) is 47.3. The quantitative estimate of drug-likeness (QED) is 0.0804. The number of fused-ring (bicyclic) bond motifs is 1. The van der Waals surface area contributed by atoms with Crippen molar-refractivity contribution in [3.05, 3.63) is 265 Å². The first kappa shape index (κ1) is 52.2. The molecule has 1 saturated heterocycles. The van der Waals surface area contributed by atoms with Gasteiger partial charge in [-0.3, -0.25) is 0 Å². The molecule has 1 fully saturated rings. The smallest absolute Gasteiger partial charge is 0.343 e. The van der Waals surface area contributed by atoms with Crippen molar-refractivity contribution < 1.29 is 59.3 Å². The van der Waals surface area contributed by atoms with Crippen molar-refractivity contribution >= 4 is 46.1 Å². The minimum absolute atomic E-state index is 0. The maximum Gasteiger partial charge on any atom is 0.343 e. The number of rotatable bonds is 9. The maximum absolute atomic E-state index is 12.3. The van der Waals surface area contributed by atoms with Gasteiger partial charge in [-0.1, -0.05) is 117 Å². The van der Waals surface area contributed by atoms with Gasteiger partial charge in [-0.2, -0.15) is 43.1 Å². The van der Waals surface area contributed by atoms with Crippen LogP contribution in [0.2, 0.25) is 0 Å². The Bertz CT molecular complexity index is 2780. The summed E-state index contributed by atoms with van der Waals surface area (Å²) in [6.07, 6.45) is 0. The standard InChI is InChI=1S/C29H24O4.C19H14N2.C11H11N3.2Ir/c1-29(2,23-13-17-25(18-14-23)32-27(30)21-9-5-3-6-10-21)24-15-19-26(20-16-24)33-28(31)22-11-7-4-8-12-22;1-3-9-16(10-4-1)20-15-21(17-11-5-2-6-12-17)19-14-8-7-13-18(19)20;1-12-10-3-5-11(6-4-10)14-8-7-13(2)9-14;;/h3-20H,1-2H3;1-11,13-15H;3-5,9H,7-8H2,2H3;;/q;2*-2;;. The van der Waals surface area contributed by atoms with Crippen LogP contribution in [0.3, 0.4) is 0 Å². The molecule has 2 aliphatic rings. The molecule has 10 rings (SSSR count). The molecule has 2 radical (unpaired) electrons. The van der Waals surface area contributed by atoms with E-state index in [-0.39, 0.29) is 57.6 Å². The predicted molar refractivity (Wildman–Crippen MR) is 270 cm³/mol. The van der Waals surface area contributed by atoms with Crippen LogP contribution in [0.4, 0.5) is 34.1 Å². The van der Waals surface area contributed by atoms with Crippen LogP contribution >= 0.6 is 0 Å². The molecule has 356 valence electrons. The Morgan fingerprint density at radius 1 is 0.557 bits per heavy atom. The van der Waals surface area contributed by atoms with E-state index in [2.05, 4.69) is 118 Å². The Morgan fingerprint density at radius 3 is 1.51 bits per heavy atom. The fraction of sp³-hybridized carbons (Fsp3) is 0.102. The van der Waals surface area contributed by atoms with Gasteiger partial charge in [0.25, 0.3) is 0 Å². The molecular weight excluding hydrogens is 1230 g/mol. The average Bonchev–Trinajstić information content (AvgIpc) is 4.02. The minimum atomic E-state index is -0.386. The van der Waals surface area contributed by atoms with Gasteiger partial charge in [0, 0.05) is 62.7 Å². The first-order valence-corrected chi connectivity index (χ1v) is 22.2. The SMILES string of the molecule is CC(C)(c1ccc(OC(=O)c2ccccc2)cc1)c1ccc(OC(=O)c2ccccc2)cc1.[C-]#[N+]c1c[c-]c(N2[CH-]N(C)CC2)cc1.[Ir].[Ir].[c-]1ccccc1N1[CH-]N(c2ccccc2)c2ccccc21. The van der Waals surface area contributed by atoms with Crippen LogP contribution < -0.4 is 24.2 Å². The molecule has 2 heterocycles. The van der Waals surface area contributed by atoms with Crippen molar-refractivity contribution in [2.75, 3.05) is 34.8 Å². The van der Waals surface area contributed by atoms with Crippen molar-refractivity contribution in [2.24, 2.45) is 0 Å². The third-order valence-electron chi connectivity index (χ3n) is 11.5. The van der Waals surface area contributed by atoms with Gasteiger partial charge in [0.2, 0.25) is 5.69 Å². The summed E-state index contributed by atoms with van der Waals surface area (Å²) >= 11 is 0. The van der Waals surface area contributed by atoms with E-state index in [0.29, 0.717) is 28.3 Å². The second kappa shape index (κ2) is 24.9. The van der Waals surface area contributed by atoms with E-state index >= 15 is 0 Å².